The fraction of sp³-hybridized carbons (Fsp3) is 0.643. The fourth-order valence-corrected chi connectivity index (χ4v) is 5.99. The number of aromatic nitrogens is 2. The van der Waals surface area contributed by atoms with Gasteiger partial charge in [0.1, 0.15) is 11.6 Å². The molecule has 0 unspecified atom stereocenters. The van der Waals surface area contributed by atoms with E-state index < -0.39 is 0 Å². The molecule has 2 fully saturated rings. The van der Waals surface area contributed by atoms with Crippen LogP contribution in [-0.2, 0) is 12.8 Å². The van der Waals surface area contributed by atoms with Gasteiger partial charge in [-0.3, -0.25) is 0 Å². The average Bonchev–Trinajstić information content (AvgIpc) is 3.33. The van der Waals surface area contributed by atoms with Gasteiger partial charge in [0.05, 0.1) is 0 Å². The highest BCUT2D eigenvalue weighted by Crippen LogP contribution is 2.29. The molecule has 8 heteroatoms. The van der Waals surface area contributed by atoms with Gasteiger partial charge >= 0.3 is 0 Å². The quantitative estimate of drug-likeness (QED) is 0.305. The molecule has 0 amide bonds. The number of nitrogens with two attached hydrogens (primary N) is 1. The maximum absolute atomic E-state index is 6.08. The minimum Gasteiger partial charge on any atom is -0.383 e. The molecule has 1 aromatic heterocycles. The normalized spacial score (nSPS) is 22.5. The van der Waals surface area contributed by atoms with Crippen molar-refractivity contribution in [2.75, 3.05) is 68.3 Å². The number of nitrogens with zero attached hydrogens (tertiary/aromatic N) is 3. The van der Waals surface area contributed by atoms with Gasteiger partial charge in [0.25, 0.3) is 0 Å². The molecule has 1 saturated heterocycles. The van der Waals surface area contributed by atoms with Crippen LogP contribution in [-0.4, -0.2) is 68.4 Å². The van der Waals surface area contributed by atoms with Crippen molar-refractivity contribution in [1.29, 1.82) is 0 Å². The summed E-state index contributed by atoms with van der Waals surface area (Å²) < 4.78 is 0. The smallest absolute Gasteiger partial charge is 0.226 e. The van der Waals surface area contributed by atoms with Gasteiger partial charge in [0.2, 0.25) is 5.95 Å². The zero-order chi connectivity index (χ0) is 24.6. The van der Waals surface area contributed by atoms with Crippen molar-refractivity contribution in [3.05, 3.63) is 41.5 Å². The largest absolute Gasteiger partial charge is 0.383 e. The summed E-state index contributed by atoms with van der Waals surface area (Å²) in [6.07, 6.45) is 8.73. The number of anilines is 3. The molecule has 2 aromatic rings. The second kappa shape index (κ2) is 12.7. The Morgan fingerprint density at radius 3 is 2.33 bits per heavy atom. The summed E-state index contributed by atoms with van der Waals surface area (Å²) in [5.41, 5.74) is 9.13. The Bertz CT molecular complexity index is 927. The van der Waals surface area contributed by atoms with E-state index in [1.165, 1.54) is 56.1 Å². The summed E-state index contributed by atoms with van der Waals surface area (Å²) in [5.74, 6) is 3.64. The van der Waals surface area contributed by atoms with Crippen LogP contribution in [0.5, 0.6) is 0 Å². The van der Waals surface area contributed by atoms with E-state index in [-0.39, 0.29) is 0 Å². The Kier molecular flexibility index (Phi) is 8.90. The summed E-state index contributed by atoms with van der Waals surface area (Å²) in [4.78, 5) is 11.4. The third-order valence-corrected chi connectivity index (χ3v) is 8.14. The Morgan fingerprint density at radius 1 is 0.917 bits per heavy atom. The molecule has 0 bridgehead atoms. The van der Waals surface area contributed by atoms with E-state index in [1.807, 2.05) is 6.07 Å². The molecule has 36 heavy (non-hydrogen) atoms. The predicted molar refractivity (Wildman–Crippen MR) is 149 cm³/mol. The van der Waals surface area contributed by atoms with E-state index in [1.54, 1.807) is 0 Å². The maximum atomic E-state index is 6.08. The highest BCUT2D eigenvalue weighted by atomic mass is 15.3. The van der Waals surface area contributed by atoms with Crippen LogP contribution in [0.4, 0.5) is 17.6 Å². The third kappa shape index (κ3) is 7.08. The summed E-state index contributed by atoms with van der Waals surface area (Å²) in [5, 5.41) is 14.3. The van der Waals surface area contributed by atoms with Gasteiger partial charge in [-0.25, -0.2) is 0 Å². The van der Waals surface area contributed by atoms with Crippen molar-refractivity contribution in [2.45, 2.75) is 51.0 Å². The molecule has 3 aliphatic rings. The topological polar surface area (TPSA) is 103 Å². The van der Waals surface area contributed by atoms with Crippen LogP contribution in [0.25, 0.3) is 0 Å². The summed E-state index contributed by atoms with van der Waals surface area (Å²) in [6, 6.07) is 11.4. The van der Waals surface area contributed by atoms with Crippen LogP contribution in [0.2, 0.25) is 0 Å². The van der Waals surface area contributed by atoms with Crippen molar-refractivity contribution >= 4 is 17.6 Å². The molecule has 1 saturated carbocycles. The summed E-state index contributed by atoms with van der Waals surface area (Å²) >= 11 is 0. The molecule has 1 aliphatic heterocycles. The first-order chi connectivity index (χ1) is 17.7. The number of rotatable bonds is 11. The summed E-state index contributed by atoms with van der Waals surface area (Å²) in [7, 11) is 0. The van der Waals surface area contributed by atoms with Gasteiger partial charge in [0, 0.05) is 44.8 Å². The van der Waals surface area contributed by atoms with E-state index in [0.717, 1.165) is 64.1 Å². The monoisotopic (exact) mass is 492 g/mol. The predicted octanol–water partition coefficient (Wildman–Crippen LogP) is 2.42. The van der Waals surface area contributed by atoms with Crippen LogP contribution in [0.15, 0.2) is 30.3 Å². The zero-order valence-corrected chi connectivity index (χ0v) is 21.6. The van der Waals surface area contributed by atoms with Crippen LogP contribution in [0, 0.1) is 11.8 Å². The number of hydrogen-bond donors (Lipinski definition) is 5. The molecule has 5 rings (SSSR count). The van der Waals surface area contributed by atoms with Gasteiger partial charge in [-0.15, -0.1) is 0 Å². The zero-order valence-electron chi connectivity index (χ0n) is 21.6. The van der Waals surface area contributed by atoms with Crippen molar-refractivity contribution in [2.24, 2.45) is 11.8 Å². The number of nitrogens with one attached hydrogen (secondary N) is 4. The maximum Gasteiger partial charge on any atom is 0.226 e. The number of hydrogen-bond acceptors (Lipinski definition) is 8. The first-order valence-corrected chi connectivity index (χ1v) is 14.1. The van der Waals surface area contributed by atoms with E-state index in [9.17, 15) is 0 Å². The minimum absolute atomic E-state index is 0.541. The molecular weight excluding hydrogens is 448 g/mol. The van der Waals surface area contributed by atoms with Gasteiger partial charge in [-0.1, -0.05) is 24.3 Å². The highest BCUT2D eigenvalue weighted by Gasteiger charge is 2.22. The number of fused-ring (bicyclic) bond motifs is 1. The van der Waals surface area contributed by atoms with E-state index in [4.69, 9.17) is 10.7 Å². The number of nitrogen functional groups attached to an aromatic ring is 1. The molecule has 8 nitrogen and oxygen atoms in total. The second-order valence-electron chi connectivity index (χ2n) is 10.9. The molecule has 2 heterocycles. The van der Waals surface area contributed by atoms with Crippen LogP contribution >= 0.6 is 0 Å². The van der Waals surface area contributed by atoms with E-state index >= 15 is 0 Å². The SMILES string of the molecule is Nc1cc(N2CCNCC2)nc(NCC2CCC(CNCCCNC3Cc4ccccc4C3)CC2)n1. The Balaban J connectivity index is 0.930. The van der Waals surface area contributed by atoms with Crippen LogP contribution in [0.3, 0.4) is 0 Å². The Labute approximate surface area is 216 Å². The van der Waals surface area contributed by atoms with Crippen molar-refractivity contribution in [1.82, 2.24) is 25.9 Å². The fourth-order valence-electron chi connectivity index (χ4n) is 5.99. The second-order valence-corrected chi connectivity index (χ2v) is 10.9. The first kappa shape index (κ1) is 25.2. The molecule has 6 N–H and O–H groups in total. The molecule has 2 aliphatic carbocycles. The third-order valence-electron chi connectivity index (χ3n) is 8.14. The molecular formula is C28H44N8. The lowest BCUT2D eigenvalue weighted by atomic mass is 9.82. The molecule has 1 aromatic carbocycles. The average molecular weight is 493 g/mol. The summed E-state index contributed by atoms with van der Waals surface area (Å²) in [6.45, 7) is 8.18. The lowest BCUT2D eigenvalue weighted by molar-refractivity contribution is 0.275. The number of benzene rings is 1. The van der Waals surface area contributed by atoms with Crippen LogP contribution in [0.1, 0.15) is 43.2 Å². The first-order valence-electron chi connectivity index (χ1n) is 14.1. The Hall–Kier alpha value is -2.42. The van der Waals surface area contributed by atoms with Gasteiger partial charge in [-0.05, 0) is 87.5 Å². The van der Waals surface area contributed by atoms with Gasteiger partial charge in [-0.2, -0.15) is 9.97 Å². The molecule has 0 atom stereocenters. The van der Waals surface area contributed by atoms with Crippen molar-refractivity contribution in [3.8, 4) is 0 Å². The molecule has 0 radical (unpaired) electrons. The lowest BCUT2D eigenvalue weighted by Crippen LogP contribution is -2.44. The number of piperazine rings is 1. The molecule has 0 spiro atoms. The highest BCUT2D eigenvalue weighted by molar-refractivity contribution is 5.51. The minimum atomic E-state index is 0.541. The lowest BCUT2D eigenvalue weighted by Gasteiger charge is -2.30. The van der Waals surface area contributed by atoms with E-state index in [0.29, 0.717) is 23.7 Å². The van der Waals surface area contributed by atoms with E-state index in [2.05, 4.69) is 55.4 Å². The van der Waals surface area contributed by atoms with Crippen LogP contribution < -0.4 is 31.9 Å². The van der Waals surface area contributed by atoms with Crippen molar-refractivity contribution < 1.29 is 0 Å². The van der Waals surface area contributed by atoms with Crippen molar-refractivity contribution in [3.63, 3.8) is 0 Å². The van der Waals surface area contributed by atoms with Gasteiger partial charge in [0.15, 0.2) is 0 Å². The molecule has 196 valence electrons. The standard InChI is InChI=1S/C28H44N8/c29-26-18-27(36-14-12-30-13-15-36)35-28(34-26)33-20-22-8-6-21(7-9-22)19-31-10-3-11-32-25-16-23-4-1-2-5-24(23)17-25/h1-2,4-5,18,21-22,25,30-32H,3,6-17,19-20H2,(H3,29,33,34,35). The Morgan fingerprint density at radius 2 is 1.61 bits per heavy atom. The van der Waals surface area contributed by atoms with Gasteiger partial charge < -0.3 is 31.9 Å².